The van der Waals surface area contributed by atoms with Gasteiger partial charge in [0.25, 0.3) is 10.1 Å². The van der Waals surface area contributed by atoms with Crippen molar-refractivity contribution in [2.75, 3.05) is 0 Å². The van der Waals surface area contributed by atoms with Gasteiger partial charge in [0.1, 0.15) is 11.0 Å². The number of ether oxygens (including phenoxy) is 1. The van der Waals surface area contributed by atoms with Gasteiger partial charge in [-0.05, 0) is 18.9 Å². The van der Waals surface area contributed by atoms with Crippen molar-refractivity contribution < 1.29 is 27.6 Å². The van der Waals surface area contributed by atoms with Gasteiger partial charge >= 0.3 is 6.16 Å². The van der Waals surface area contributed by atoms with Gasteiger partial charge in [0, 0.05) is 5.56 Å². The maximum Gasteiger partial charge on any atom is 0.506 e. The largest absolute Gasteiger partial charge is 0.506 e. The molecule has 0 saturated heterocycles. The number of hydrogen-bond donors (Lipinski definition) is 2. The van der Waals surface area contributed by atoms with Crippen LogP contribution in [0.15, 0.2) is 29.2 Å². The van der Waals surface area contributed by atoms with E-state index in [4.69, 9.17) is 9.84 Å². The SMILES string of the molecule is CCCCCCCC(OC(=O)O)c1ccccc1S(=O)(=O)O. The Hall–Kier alpha value is -1.60. The minimum Gasteiger partial charge on any atom is -0.450 e. The number of unbranched alkanes of at least 4 members (excludes halogenated alkanes) is 4. The normalized spacial score (nSPS) is 12.8. The van der Waals surface area contributed by atoms with E-state index in [9.17, 15) is 17.8 Å². The van der Waals surface area contributed by atoms with E-state index in [0.29, 0.717) is 6.42 Å². The Morgan fingerprint density at radius 3 is 2.41 bits per heavy atom. The molecule has 0 fully saturated rings. The van der Waals surface area contributed by atoms with E-state index in [1.165, 1.54) is 18.2 Å². The maximum absolute atomic E-state index is 11.4. The van der Waals surface area contributed by atoms with Crippen LogP contribution in [0.4, 0.5) is 4.79 Å². The fourth-order valence-electron chi connectivity index (χ4n) is 2.31. The quantitative estimate of drug-likeness (QED) is 0.403. The molecule has 0 bridgehead atoms. The van der Waals surface area contributed by atoms with E-state index in [2.05, 4.69) is 6.92 Å². The molecular weight excluding hydrogens is 308 g/mol. The molecule has 1 unspecified atom stereocenters. The van der Waals surface area contributed by atoms with E-state index in [-0.39, 0.29) is 10.5 Å². The predicted octanol–water partition coefficient (Wildman–Crippen LogP) is 4.03. The second-order valence-corrected chi connectivity index (χ2v) is 6.48. The first-order chi connectivity index (χ1) is 10.4. The van der Waals surface area contributed by atoms with E-state index < -0.39 is 22.4 Å². The van der Waals surface area contributed by atoms with Crippen molar-refractivity contribution in [2.45, 2.75) is 56.4 Å². The first kappa shape index (κ1) is 18.4. The smallest absolute Gasteiger partial charge is 0.450 e. The van der Waals surface area contributed by atoms with Crippen molar-refractivity contribution in [2.24, 2.45) is 0 Å². The summed E-state index contributed by atoms with van der Waals surface area (Å²) in [7, 11) is -4.43. The Bertz CT molecular complexity index is 581. The average molecular weight is 330 g/mol. The fraction of sp³-hybridized carbons (Fsp3) is 0.533. The molecule has 0 radical (unpaired) electrons. The van der Waals surface area contributed by atoms with Crippen molar-refractivity contribution in [3.8, 4) is 0 Å². The van der Waals surface area contributed by atoms with Crippen LogP contribution in [0.1, 0.15) is 57.1 Å². The van der Waals surface area contributed by atoms with Crippen LogP contribution in [-0.4, -0.2) is 24.2 Å². The van der Waals surface area contributed by atoms with Gasteiger partial charge in [-0.1, -0.05) is 50.8 Å². The summed E-state index contributed by atoms with van der Waals surface area (Å²) >= 11 is 0. The number of hydrogen-bond acceptors (Lipinski definition) is 4. The number of rotatable bonds is 9. The summed E-state index contributed by atoms with van der Waals surface area (Å²) in [6.45, 7) is 2.10. The summed E-state index contributed by atoms with van der Waals surface area (Å²) in [6, 6.07) is 5.74. The van der Waals surface area contributed by atoms with Gasteiger partial charge in [-0.15, -0.1) is 0 Å². The molecule has 0 amide bonds. The van der Waals surface area contributed by atoms with Crippen molar-refractivity contribution >= 4 is 16.3 Å². The van der Waals surface area contributed by atoms with Crippen LogP contribution in [0.2, 0.25) is 0 Å². The standard InChI is InChI=1S/C15H22O6S/c1-2-3-4-5-6-10-13(21-15(16)17)12-9-7-8-11-14(12)22(18,19)20/h7-9,11,13H,2-6,10H2,1H3,(H,16,17)(H,18,19,20). The summed E-state index contributed by atoms with van der Waals surface area (Å²) in [6.07, 6.45) is 2.88. The Morgan fingerprint density at radius 1 is 1.18 bits per heavy atom. The molecule has 1 aromatic carbocycles. The molecule has 0 heterocycles. The van der Waals surface area contributed by atoms with Gasteiger partial charge in [-0.2, -0.15) is 8.42 Å². The highest BCUT2D eigenvalue weighted by molar-refractivity contribution is 7.85. The summed E-state index contributed by atoms with van der Waals surface area (Å²) < 4.78 is 36.9. The lowest BCUT2D eigenvalue weighted by Gasteiger charge is -2.18. The fourth-order valence-corrected chi connectivity index (χ4v) is 3.06. The molecule has 1 aromatic rings. The van der Waals surface area contributed by atoms with Crippen molar-refractivity contribution in [1.82, 2.24) is 0 Å². The summed E-state index contributed by atoms with van der Waals surface area (Å²) in [4.78, 5) is 10.5. The van der Waals surface area contributed by atoms with E-state index in [1.54, 1.807) is 6.07 Å². The molecule has 0 aliphatic rings. The lowest BCUT2D eigenvalue weighted by Crippen LogP contribution is -2.13. The van der Waals surface area contributed by atoms with Gasteiger partial charge in [0.15, 0.2) is 0 Å². The highest BCUT2D eigenvalue weighted by atomic mass is 32.2. The molecule has 6 nitrogen and oxygen atoms in total. The zero-order chi connectivity index (χ0) is 16.6. The van der Waals surface area contributed by atoms with Gasteiger partial charge in [-0.3, -0.25) is 4.55 Å². The molecule has 1 atom stereocenters. The molecule has 1 rings (SSSR count). The predicted molar refractivity (Wildman–Crippen MR) is 81.5 cm³/mol. The number of carbonyl (C=O) groups is 1. The second kappa shape index (κ2) is 8.75. The van der Waals surface area contributed by atoms with E-state index in [0.717, 1.165) is 32.1 Å². The number of benzene rings is 1. The van der Waals surface area contributed by atoms with Crippen LogP contribution in [0.25, 0.3) is 0 Å². The Morgan fingerprint density at radius 2 is 1.82 bits per heavy atom. The van der Waals surface area contributed by atoms with E-state index in [1.807, 2.05) is 0 Å². The van der Waals surface area contributed by atoms with Gasteiger partial charge in [0.05, 0.1) is 0 Å². The van der Waals surface area contributed by atoms with Crippen LogP contribution in [-0.2, 0) is 14.9 Å². The van der Waals surface area contributed by atoms with Crippen molar-refractivity contribution in [3.63, 3.8) is 0 Å². The van der Waals surface area contributed by atoms with Gasteiger partial charge in [0.2, 0.25) is 0 Å². The van der Waals surface area contributed by atoms with Crippen LogP contribution >= 0.6 is 0 Å². The van der Waals surface area contributed by atoms with Crippen LogP contribution in [0.3, 0.4) is 0 Å². The highest BCUT2D eigenvalue weighted by Gasteiger charge is 2.24. The van der Waals surface area contributed by atoms with Crippen molar-refractivity contribution in [1.29, 1.82) is 0 Å². The molecular formula is C15H22O6S. The molecule has 0 saturated carbocycles. The van der Waals surface area contributed by atoms with Gasteiger partial charge < -0.3 is 9.84 Å². The zero-order valence-corrected chi connectivity index (χ0v) is 13.4. The third kappa shape index (κ3) is 6.03. The third-order valence-electron chi connectivity index (χ3n) is 3.36. The monoisotopic (exact) mass is 330 g/mol. The molecule has 7 heteroatoms. The van der Waals surface area contributed by atoms with E-state index >= 15 is 0 Å². The lowest BCUT2D eigenvalue weighted by molar-refractivity contribution is 0.0451. The lowest BCUT2D eigenvalue weighted by atomic mass is 10.0. The number of carboxylic acid groups (broad SMARTS) is 1. The Balaban J connectivity index is 2.90. The van der Waals surface area contributed by atoms with Crippen LogP contribution < -0.4 is 0 Å². The van der Waals surface area contributed by atoms with Crippen LogP contribution in [0.5, 0.6) is 0 Å². The molecule has 0 spiro atoms. The third-order valence-corrected chi connectivity index (χ3v) is 4.28. The minimum absolute atomic E-state index is 0.169. The molecule has 0 aliphatic heterocycles. The highest BCUT2D eigenvalue weighted by Crippen LogP contribution is 2.29. The first-order valence-electron chi connectivity index (χ1n) is 7.32. The van der Waals surface area contributed by atoms with Crippen molar-refractivity contribution in [3.05, 3.63) is 29.8 Å². The molecule has 124 valence electrons. The topological polar surface area (TPSA) is 101 Å². The Kier molecular flexibility index (Phi) is 7.34. The molecule has 22 heavy (non-hydrogen) atoms. The molecule has 2 N–H and O–H groups in total. The minimum atomic E-state index is -4.43. The Labute approximate surface area is 130 Å². The first-order valence-corrected chi connectivity index (χ1v) is 8.76. The summed E-state index contributed by atoms with van der Waals surface area (Å²) in [5.41, 5.74) is 0.169. The summed E-state index contributed by atoms with van der Waals surface area (Å²) in [5, 5.41) is 8.85. The second-order valence-electron chi connectivity index (χ2n) is 5.09. The molecule has 0 aromatic heterocycles. The average Bonchev–Trinajstić information content (AvgIpc) is 2.44. The van der Waals surface area contributed by atoms with Gasteiger partial charge in [-0.25, -0.2) is 4.79 Å². The zero-order valence-electron chi connectivity index (χ0n) is 12.6. The van der Waals surface area contributed by atoms with Crippen LogP contribution in [0, 0.1) is 0 Å². The maximum atomic E-state index is 11.4. The summed E-state index contributed by atoms with van der Waals surface area (Å²) in [5.74, 6) is 0. The molecule has 0 aliphatic carbocycles.